The van der Waals surface area contributed by atoms with E-state index in [-0.39, 0.29) is 11.8 Å². The molecule has 2 heterocycles. The summed E-state index contributed by atoms with van der Waals surface area (Å²) in [5, 5.41) is 10.00. The number of rotatable bonds is 3. The van der Waals surface area contributed by atoms with Crippen molar-refractivity contribution in [1.29, 1.82) is 0 Å². The number of piperidine rings is 1. The molecule has 5 nitrogen and oxygen atoms in total. The quantitative estimate of drug-likeness (QED) is 0.907. The summed E-state index contributed by atoms with van der Waals surface area (Å²) in [6.45, 7) is 1.70. The van der Waals surface area contributed by atoms with Crippen LogP contribution < -0.4 is 10.6 Å². The Morgan fingerprint density at radius 3 is 2.86 bits per heavy atom. The summed E-state index contributed by atoms with van der Waals surface area (Å²) < 4.78 is 15.5. The second-order valence-electron chi connectivity index (χ2n) is 5.13. The van der Waals surface area contributed by atoms with Gasteiger partial charge in [0.1, 0.15) is 5.69 Å². The van der Waals surface area contributed by atoms with E-state index in [9.17, 15) is 9.18 Å². The highest BCUT2D eigenvalue weighted by molar-refractivity contribution is 5.92. The molecule has 1 aromatic heterocycles. The maximum Gasteiger partial charge on any atom is 0.227 e. The van der Waals surface area contributed by atoms with Gasteiger partial charge in [-0.1, -0.05) is 0 Å². The smallest absolute Gasteiger partial charge is 0.227 e. The molecule has 1 fully saturated rings. The van der Waals surface area contributed by atoms with E-state index in [0.717, 1.165) is 25.9 Å². The molecule has 1 aromatic carbocycles. The molecule has 2 N–H and O–H groups in total. The standard InChI is InChI=1S/C15H17FN4O/c16-13-10-12(2-3-14(13)20-9-1-6-18-20)19-15(21)11-4-7-17-8-5-11/h1-3,6,9-11,17H,4-5,7-8H2,(H,19,21). The van der Waals surface area contributed by atoms with Gasteiger partial charge in [-0.2, -0.15) is 5.10 Å². The van der Waals surface area contributed by atoms with Crippen molar-refractivity contribution in [2.75, 3.05) is 18.4 Å². The van der Waals surface area contributed by atoms with Crippen LogP contribution in [0, 0.1) is 11.7 Å². The number of hydrogen-bond acceptors (Lipinski definition) is 3. The Labute approximate surface area is 122 Å². The lowest BCUT2D eigenvalue weighted by atomic mass is 9.97. The van der Waals surface area contributed by atoms with Crippen molar-refractivity contribution in [1.82, 2.24) is 15.1 Å². The Balaban J connectivity index is 1.72. The van der Waals surface area contributed by atoms with Crippen LogP contribution in [-0.4, -0.2) is 28.8 Å². The van der Waals surface area contributed by atoms with Crippen molar-refractivity contribution in [2.45, 2.75) is 12.8 Å². The Hall–Kier alpha value is -2.21. The average Bonchev–Trinajstić information content (AvgIpc) is 3.02. The highest BCUT2D eigenvalue weighted by Crippen LogP contribution is 2.20. The number of amides is 1. The molecule has 21 heavy (non-hydrogen) atoms. The minimum Gasteiger partial charge on any atom is -0.326 e. The molecule has 110 valence electrons. The maximum atomic E-state index is 14.1. The number of hydrogen-bond donors (Lipinski definition) is 2. The number of anilines is 1. The van der Waals surface area contributed by atoms with Gasteiger partial charge in [-0.15, -0.1) is 0 Å². The lowest BCUT2D eigenvalue weighted by Gasteiger charge is -2.21. The first kappa shape index (κ1) is 13.8. The molecule has 0 bridgehead atoms. The van der Waals surface area contributed by atoms with Gasteiger partial charge in [-0.25, -0.2) is 9.07 Å². The van der Waals surface area contributed by atoms with Gasteiger partial charge in [-0.3, -0.25) is 4.79 Å². The number of aromatic nitrogens is 2. The lowest BCUT2D eigenvalue weighted by molar-refractivity contribution is -0.120. The summed E-state index contributed by atoms with van der Waals surface area (Å²) in [5.74, 6) is -0.454. The molecule has 0 saturated carbocycles. The van der Waals surface area contributed by atoms with Gasteiger partial charge in [-0.05, 0) is 50.2 Å². The highest BCUT2D eigenvalue weighted by atomic mass is 19.1. The van der Waals surface area contributed by atoms with E-state index < -0.39 is 5.82 Å². The topological polar surface area (TPSA) is 59.0 Å². The van der Waals surface area contributed by atoms with Gasteiger partial charge in [0.15, 0.2) is 5.82 Å². The minimum atomic E-state index is -0.415. The van der Waals surface area contributed by atoms with Crippen LogP contribution in [0.25, 0.3) is 5.69 Å². The monoisotopic (exact) mass is 288 g/mol. The van der Waals surface area contributed by atoms with E-state index in [0.29, 0.717) is 11.4 Å². The molecule has 2 aromatic rings. The van der Waals surface area contributed by atoms with E-state index >= 15 is 0 Å². The zero-order valence-electron chi connectivity index (χ0n) is 11.6. The van der Waals surface area contributed by atoms with Crippen LogP contribution >= 0.6 is 0 Å². The van der Waals surface area contributed by atoms with Crippen LogP contribution in [-0.2, 0) is 4.79 Å². The third kappa shape index (κ3) is 3.11. The molecular weight excluding hydrogens is 271 g/mol. The van der Waals surface area contributed by atoms with E-state index in [1.165, 1.54) is 10.7 Å². The average molecular weight is 288 g/mol. The van der Waals surface area contributed by atoms with Crippen molar-refractivity contribution in [2.24, 2.45) is 5.92 Å². The van der Waals surface area contributed by atoms with Crippen molar-refractivity contribution in [3.05, 3.63) is 42.5 Å². The molecule has 1 aliphatic heterocycles. The zero-order chi connectivity index (χ0) is 14.7. The number of benzene rings is 1. The third-order valence-electron chi connectivity index (χ3n) is 3.68. The van der Waals surface area contributed by atoms with Crippen LogP contribution in [0.2, 0.25) is 0 Å². The van der Waals surface area contributed by atoms with E-state index in [4.69, 9.17) is 0 Å². The largest absolute Gasteiger partial charge is 0.326 e. The summed E-state index contributed by atoms with van der Waals surface area (Å²) in [7, 11) is 0. The number of halogens is 1. The Morgan fingerprint density at radius 1 is 1.38 bits per heavy atom. The molecule has 0 aliphatic carbocycles. The summed E-state index contributed by atoms with van der Waals surface area (Å²) in [5.41, 5.74) is 0.840. The SMILES string of the molecule is O=C(Nc1ccc(-n2cccn2)c(F)c1)C1CCNCC1. The maximum absolute atomic E-state index is 14.1. The van der Waals surface area contributed by atoms with E-state index in [1.807, 2.05) is 0 Å². The zero-order valence-corrected chi connectivity index (χ0v) is 11.6. The molecule has 6 heteroatoms. The Kier molecular flexibility index (Phi) is 3.96. The van der Waals surface area contributed by atoms with Gasteiger partial charge in [0.05, 0.1) is 0 Å². The molecule has 0 unspecified atom stereocenters. The van der Waals surface area contributed by atoms with Gasteiger partial charge < -0.3 is 10.6 Å². The lowest BCUT2D eigenvalue weighted by Crippen LogP contribution is -2.34. The van der Waals surface area contributed by atoms with Crippen LogP contribution in [0.3, 0.4) is 0 Å². The van der Waals surface area contributed by atoms with Gasteiger partial charge in [0.25, 0.3) is 0 Å². The second kappa shape index (κ2) is 6.05. The molecule has 0 atom stereocenters. The first-order chi connectivity index (χ1) is 10.2. The molecule has 1 saturated heterocycles. The molecular formula is C15H17FN4O. The van der Waals surface area contributed by atoms with E-state index in [1.54, 1.807) is 30.6 Å². The fourth-order valence-electron chi connectivity index (χ4n) is 2.51. The highest BCUT2D eigenvalue weighted by Gasteiger charge is 2.21. The summed E-state index contributed by atoms with van der Waals surface area (Å²) in [6, 6.07) is 6.36. The van der Waals surface area contributed by atoms with Gasteiger partial charge >= 0.3 is 0 Å². The molecule has 0 radical (unpaired) electrons. The van der Waals surface area contributed by atoms with Crippen molar-refractivity contribution >= 4 is 11.6 Å². The number of carbonyl (C=O) groups excluding carboxylic acids is 1. The number of nitrogens with zero attached hydrogens (tertiary/aromatic N) is 2. The second-order valence-corrected chi connectivity index (χ2v) is 5.13. The first-order valence-corrected chi connectivity index (χ1v) is 7.05. The Bertz CT molecular complexity index is 621. The van der Waals surface area contributed by atoms with Crippen LogP contribution in [0.15, 0.2) is 36.7 Å². The normalized spacial score (nSPS) is 15.9. The van der Waals surface area contributed by atoms with Crippen LogP contribution in [0.4, 0.5) is 10.1 Å². The van der Waals surface area contributed by atoms with Gasteiger partial charge in [0, 0.05) is 24.0 Å². The fraction of sp³-hybridized carbons (Fsp3) is 0.333. The predicted molar refractivity (Wildman–Crippen MR) is 77.7 cm³/mol. The third-order valence-corrected chi connectivity index (χ3v) is 3.68. The molecule has 0 spiro atoms. The van der Waals surface area contributed by atoms with Gasteiger partial charge in [0.2, 0.25) is 5.91 Å². The number of nitrogens with one attached hydrogen (secondary N) is 2. The predicted octanol–water partition coefficient (Wildman–Crippen LogP) is 1.95. The molecule has 1 amide bonds. The molecule has 3 rings (SSSR count). The Morgan fingerprint density at radius 2 is 2.19 bits per heavy atom. The van der Waals surface area contributed by atoms with Crippen LogP contribution in [0.1, 0.15) is 12.8 Å². The van der Waals surface area contributed by atoms with Crippen molar-refractivity contribution in [3.63, 3.8) is 0 Å². The fourth-order valence-corrected chi connectivity index (χ4v) is 2.51. The summed E-state index contributed by atoms with van der Waals surface area (Å²) in [6.07, 6.45) is 4.90. The van der Waals surface area contributed by atoms with Crippen molar-refractivity contribution < 1.29 is 9.18 Å². The van der Waals surface area contributed by atoms with E-state index in [2.05, 4.69) is 15.7 Å². The first-order valence-electron chi connectivity index (χ1n) is 7.05. The summed E-state index contributed by atoms with van der Waals surface area (Å²) >= 11 is 0. The number of carbonyl (C=O) groups is 1. The van der Waals surface area contributed by atoms with Crippen molar-refractivity contribution in [3.8, 4) is 5.69 Å². The minimum absolute atomic E-state index is 0.0000955. The van der Waals surface area contributed by atoms with Crippen LogP contribution in [0.5, 0.6) is 0 Å². The molecule has 1 aliphatic rings. The summed E-state index contributed by atoms with van der Waals surface area (Å²) in [4.78, 5) is 12.1.